The number of rotatable bonds is 4. The second-order valence-corrected chi connectivity index (χ2v) is 4.71. The van der Waals surface area contributed by atoms with E-state index in [1.807, 2.05) is 6.20 Å². The van der Waals surface area contributed by atoms with E-state index in [4.69, 9.17) is 10.7 Å². The molecule has 0 unspecified atom stereocenters. The lowest BCUT2D eigenvalue weighted by atomic mass is 10.3. The van der Waals surface area contributed by atoms with Crippen molar-refractivity contribution in [1.29, 1.82) is 0 Å². The third-order valence-corrected chi connectivity index (χ3v) is 3.42. The average Bonchev–Trinajstić information content (AvgIpc) is 3.03. The number of hydrogen-bond donors (Lipinski definition) is 1. The van der Waals surface area contributed by atoms with Gasteiger partial charge in [-0.15, -0.1) is 0 Å². The Balaban J connectivity index is 1.86. The van der Waals surface area contributed by atoms with Crippen molar-refractivity contribution in [2.45, 2.75) is 38.1 Å². The Labute approximate surface area is 95.9 Å². The van der Waals surface area contributed by atoms with E-state index in [-0.39, 0.29) is 0 Å². The van der Waals surface area contributed by atoms with E-state index in [1.54, 1.807) is 0 Å². The highest BCUT2D eigenvalue weighted by Crippen LogP contribution is 2.30. The first-order valence-corrected chi connectivity index (χ1v) is 6.20. The minimum absolute atomic E-state index is 0.642. The molecule has 0 saturated heterocycles. The second kappa shape index (κ2) is 4.01. The molecule has 1 saturated carbocycles. The molecule has 1 aromatic rings. The Morgan fingerprint density at radius 3 is 3.00 bits per heavy atom. The first-order valence-electron chi connectivity index (χ1n) is 6.20. The Morgan fingerprint density at radius 1 is 1.38 bits per heavy atom. The Bertz CT molecular complexity index is 387. The molecule has 2 aliphatic carbocycles. The minimum Gasteiger partial charge on any atom is -0.337 e. The SMILES string of the molecule is NCCN(c1ncc2c(n1)CCC2)C1CC1. The van der Waals surface area contributed by atoms with E-state index in [2.05, 4.69) is 9.88 Å². The van der Waals surface area contributed by atoms with E-state index in [0.717, 1.165) is 25.3 Å². The molecule has 0 aromatic carbocycles. The summed E-state index contributed by atoms with van der Waals surface area (Å²) in [6.45, 7) is 1.56. The second-order valence-electron chi connectivity index (χ2n) is 4.71. The summed E-state index contributed by atoms with van der Waals surface area (Å²) in [4.78, 5) is 11.5. The molecule has 0 radical (unpaired) electrons. The molecule has 16 heavy (non-hydrogen) atoms. The van der Waals surface area contributed by atoms with Gasteiger partial charge in [0, 0.05) is 31.0 Å². The van der Waals surface area contributed by atoms with Gasteiger partial charge in [0.15, 0.2) is 0 Å². The van der Waals surface area contributed by atoms with Crippen LogP contribution in [0.25, 0.3) is 0 Å². The predicted octanol–water partition coefficient (Wildman–Crippen LogP) is 0.893. The van der Waals surface area contributed by atoms with Crippen molar-refractivity contribution >= 4 is 5.95 Å². The molecular weight excluding hydrogens is 200 g/mol. The van der Waals surface area contributed by atoms with E-state index in [0.29, 0.717) is 12.6 Å². The van der Waals surface area contributed by atoms with Crippen molar-refractivity contribution in [3.8, 4) is 0 Å². The van der Waals surface area contributed by atoms with Crippen LogP contribution in [0.1, 0.15) is 30.5 Å². The van der Waals surface area contributed by atoms with Crippen molar-refractivity contribution < 1.29 is 0 Å². The number of fused-ring (bicyclic) bond motifs is 1. The van der Waals surface area contributed by atoms with Crippen LogP contribution in [0.15, 0.2) is 6.20 Å². The maximum Gasteiger partial charge on any atom is 0.225 e. The summed E-state index contributed by atoms with van der Waals surface area (Å²) in [7, 11) is 0. The van der Waals surface area contributed by atoms with Crippen LogP contribution in [0, 0.1) is 0 Å². The van der Waals surface area contributed by atoms with Crippen LogP contribution in [-0.4, -0.2) is 29.1 Å². The van der Waals surface area contributed by atoms with E-state index < -0.39 is 0 Å². The fraction of sp³-hybridized carbons (Fsp3) is 0.667. The summed E-state index contributed by atoms with van der Waals surface area (Å²) in [5, 5.41) is 0. The molecule has 2 aliphatic rings. The molecular formula is C12H18N4. The van der Waals surface area contributed by atoms with Gasteiger partial charge in [-0.25, -0.2) is 9.97 Å². The van der Waals surface area contributed by atoms with E-state index in [1.165, 1.54) is 30.5 Å². The first-order chi connectivity index (χ1) is 7.88. The van der Waals surface area contributed by atoms with Crippen LogP contribution in [0.2, 0.25) is 0 Å². The Kier molecular flexibility index (Phi) is 2.52. The molecule has 0 amide bonds. The monoisotopic (exact) mass is 218 g/mol. The summed E-state index contributed by atoms with van der Waals surface area (Å²) >= 11 is 0. The van der Waals surface area contributed by atoms with Crippen molar-refractivity contribution in [3.05, 3.63) is 17.5 Å². The fourth-order valence-corrected chi connectivity index (χ4v) is 2.41. The quantitative estimate of drug-likeness (QED) is 0.815. The topological polar surface area (TPSA) is 55.0 Å². The van der Waals surface area contributed by atoms with Gasteiger partial charge >= 0.3 is 0 Å². The molecule has 1 aromatic heterocycles. The molecule has 0 atom stereocenters. The van der Waals surface area contributed by atoms with Crippen molar-refractivity contribution in [2.24, 2.45) is 5.73 Å². The number of aryl methyl sites for hydroxylation is 2. The number of hydrogen-bond acceptors (Lipinski definition) is 4. The van der Waals surface area contributed by atoms with Gasteiger partial charge in [-0.2, -0.15) is 0 Å². The highest BCUT2D eigenvalue weighted by Gasteiger charge is 2.30. The maximum absolute atomic E-state index is 5.65. The third-order valence-electron chi connectivity index (χ3n) is 3.42. The van der Waals surface area contributed by atoms with Gasteiger partial charge in [0.2, 0.25) is 5.95 Å². The molecule has 0 bridgehead atoms. The molecule has 3 rings (SSSR count). The average molecular weight is 218 g/mol. The number of nitrogens with zero attached hydrogens (tertiary/aromatic N) is 3. The van der Waals surface area contributed by atoms with Crippen LogP contribution in [-0.2, 0) is 12.8 Å². The summed E-state index contributed by atoms with van der Waals surface area (Å²) in [5.74, 6) is 0.897. The van der Waals surface area contributed by atoms with E-state index >= 15 is 0 Å². The van der Waals surface area contributed by atoms with Gasteiger partial charge < -0.3 is 10.6 Å². The normalized spacial score (nSPS) is 18.6. The molecule has 0 spiro atoms. The van der Waals surface area contributed by atoms with Gasteiger partial charge in [-0.3, -0.25) is 0 Å². The van der Waals surface area contributed by atoms with Crippen molar-refractivity contribution in [3.63, 3.8) is 0 Å². The number of anilines is 1. The first kappa shape index (κ1) is 10.0. The lowest BCUT2D eigenvalue weighted by Crippen LogP contribution is -2.33. The van der Waals surface area contributed by atoms with Crippen LogP contribution < -0.4 is 10.6 Å². The third kappa shape index (κ3) is 1.78. The highest BCUT2D eigenvalue weighted by atomic mass is 15.3. The fourth-order valence-electron chi connectivity index (χ4n) is 2.41. The zero-order valence-electron chi connectivity index (χ0n) is 9.52. The zero-order valence-corrected chi connectivity index (χ0v) is 9.52. The molecule has 1 heterocycles. The van der Waals surface area contributed by atoms with Crippen LogP contribution in [0.4, 0.5) is 5.95 Å². The van der Waals surface area contributed by atoms with Gasteiger partial charge in [-0.05, 0) is 37.7 Å². The standard InChI is InChI=1S/C12H18N4/c13-6-7-16(10-4-5-10)12-14-8-9-2-1-3-11(9)15-12/h8,10H,1-7,13H2. The molecule has 86 valence electrons. The summed E-state index contributed by atoms with van der Waals surface area (Å²) in [6, 6.07) is 0.642. The Morgan fingerprint density at radius 2 is 2.25 bits per heavy atom. The van der Waals surface area contributed by atoms with Gasteiger partial charge in [-0.1, -0.05) is 0 Å². The highest BCUT2D eigenvalue weighted by molar-refractivity contribution is 5.37. The summed E-state index contributed by atoms with van der Waals surface area (Å²) < 4.78 is 0. The molecule has 4 heteroatoms. The van der Waals surface area contributed by atoms with Crippen molar-refractivity contribution in [1.82, 2.24) is 9.97 Å². The van der Waals surface area contributed by atoms with Gasteiger partial charge in [0.1, 0.15) is 0 Å². The molecule has 1 fully saturated rings. The lowest BCUT2D eigenvalue weighted by molar-refractivity contribution is 0.749. The Hall–Kier alpha value is -1.16. The summed E-state index contributed by atoms with van der Waals surface area (Å²) in [6.07, 6.45) is 8.03. The minimum atomic E-state index is 0.642. The zero-order chi connectivity index (χ0) is 11.0. The smallest absolute Gasteiger partial charge is 0.225 e. The van der Waals surface area contributed by atoms with E-state index in [9.17, 15) is 0 Å². The largest absolute Gasteiger partial charge is 0.337 e. The van der Waals surface area contributed by atoms with Crippen LogP contribution in [0.5, 0.6) is 0 Å². The molecule has 0 aliphatic heterocycles. The van der Waals surface area contributed by atoms with Crippen LogP contribution >= 0.6 is 0 Å². The molecule has 4 nitrogen and oxygen atoms in total. The van der Waals surface area contributed by atoms with Gasteiger partial charge in [0.25, 0.3) is 0 Å². The lowest BCUT2D eigenvalue weighted by Gasteiger charge is -2.21. The number of nitrogens with two attached hydrogens (primary N) is 1. The number of aromatic nitrogens is 2. The van der Waals surface area contributed by atoms with Gasteiger partial charge in [0.05, 0.1) is 0 Å². The maximum atomic E-state index is 5.65. The molecule has 2 N–H and O–H groups in total. The summed E-state index contributed by atoms with van der Waals surface area (Å²) in [5.41, 5.74) is 8.25. The predicted molar refractivity (Wildman–Crippen MR) is 63.5 cm³/mol. The van der Waals surface area contributed by atoms with Crippen LogP contribution in [0.3, 0.4) is 0 Å². The van der Waals surface area contributed by atoms with Crippen molar-refractivity contribution in [2.75, 3.05) is 18.0 Å².